The fraction of sp³-hybridized carbons (Fsp3) is 0.348. The lowest BCUT2D eigenvalue weighted by Gasteiger charge is -2.35. The van der Waals surface area contributed by atoms with Crippen LogP contribution in [0.25, 0.3) is 10.9 Å². The number of ether oxygens (including phenoxy) is 1. The third kappa shape index (κ3) is 5.11. The molecule has 0 saturated carbocycles. The quantitative estimate of drug-likeness (QED) is 0.503. The number of carbonyl (C=O) groups is 2. The Bertz CT molecular complexity index is 1220. The van der Waals surface area contributed by atoms with Crippen molar-refractivity contribution in [1.82, 2.24) is 14.5 Å². The summed E-state index contributed by atoms with van der Waals surface area (Å²) in [7, 11) is 0. The highest BCUT2D eigenvalue weighted by molar-refractivity contribution is 6.33. The normalized spacial score (nSPS) is 14.5. The molecule has 1 saturated heterocycles. The van der Waals surface area contributed by atoms with Gasteiger partial charge >= 0.3 is 12.1 Å². The van der Waals surface area contributed by atoms with Gasteiger partial charge in [0.15, 0.2) is 6.61 Å². The first-order valence-electron chi connectivity index (χ1n) is 10.6. The van der Waals surface area contributed by atoms with E-state index in [0.29, 0.717) is 26.2 Å². The molecular weight excluding hydrogens is 473 g/mol. The van der Waals surface area contributed by atoms with Crippen LogP contribution in [0.5, 0.6) is 0 Å². The SMILES string of the molecule is Cc1cc2ccccc2n1CC(=O)OCC(=O)N1CCN(c2ncc(C(F)(F)F)cc2Cl)CC1. The molecule has 1 amide bonds. The summed E-state index contributed by atoms with van der Waals surface area (Å²) in [5.74, 6) is -0.617. The molecule has 0 atom stereocenters. The molecule has 0 spiro atoms. The van der Waals surface area contributed by atoms with Gasteiger partial charge in [0.25, 0.3) is 5.91 Å². The Labute approximate surface area is 198 Å². The highest BCUT2D eigenvalue weighted by atomic mass is 35.5. The molecule has 1 aliphatic rings. The van der Waals surface area contributed by atoms with Crippen LogP contribution < -0.4 is 4.90 Å². The average Bonchev–Trinajstić information content (AvgIpc) is 3.12. The molecular formula is C23H22ClF3N4O3. The molecule has 0 bridgehead atoms. The summed E-state index contributed by atoms with van der Waals surface area (Å²) in [6.45, 7) is 2.80. The van der Waals surface area contributed by atoms with Crippen molar-refractivity contribution in [2.45, 2.75) is 19.6 Å². The third-order valence-corrected chi connectivity index (χ3v) is 6.02. The number of aromatic nitrogens is 2. The zero-order valence-corrected chi connectivity index (χ0v) is 19.1. The van der Waals surface area contributed by atoms with Gasteiger partial charge in [0.05, 0.1) is 10.6 Å². The number of nitrogens with zero attached hydrogens (tertiary/aromatic N) is 4. The van der Waals surface area contributed by atoms with Crippen LogP contribution >= 0.6 is 11.6 Å². The molecule has 2 aromatic heterocycles. The molecule has 0 N–H and O–H groups in total. The first-order valence-corrected chi connectivity index (χ1v) is 11.0. The van der Waals surface area contributed by atoms with Crippen molar-refractivity contribution in [3.63, 3.8) is 0 Å². The number of pyridine rings is 1. The maximum Gasteiger partial charge on any atom is 0.417 e. The van der Waals surface area contributed by atoms with E-state index in [1.165, 1.54) is 4.90 Å². The van der Waals surface area contributed by atoms with E-state index in [4.69, 9.17) is 16.3 Å². The topological polar surface area (TPSA) is 67.7 Å². The van der Waals surface area contributed by atoms with E-state index < -0.39 is 17.7 Å². The molecule has 180 valence electrons. The number of hydrogen-bond donors (Lipinski definition) is 0. The predicted molar refractivity (Wildman–Crippen MR) is 121 cm³/mol. The molecule has 0 unspecified atom stereocenters. The highest BCUT2D eigenvalue weighted by Crippen LogP contribution is 2.33. The van der Waals surface area contributed by atoms with E-state index in [2.05, 4.69) is 4.98 Å². The summed E-state index contributed by atoms with van der Waals surface area (Å²) in [4.78, 5) is 32.0. The molecule has 11 heteroatoms. The fourth-order valence-electron chi connectivity index (χ4n) is 3.95. The minimum Gasteiger partial charge on any atom is -0.454 e. The van der Waals surface area contributed by atoms with Crippen LogP contribution in [0.15, 0.2) is 42.6 Å². The number of hydrogen-bond acceptors (Lipinski definition) is 5. The largest absolute Gasteiger partial charge is 0.454 e. The molecule has 7 nitrogen and oxygen atoms in total. The molecule has 1 aromatic carbocycles. The standard InChI is InChI=1S/C23H22ClF3N4O3/c1-15-10-16-4-2-3-5-19(16)31(15)13-21(33)34-14-20(32)29-6-8-30(9-7-29)22-18(24)11-17(12-28-22)23(25,26)27/h2-5,10-12H,6-9,13-14H2,1H3. The van der Waals surface area contributed by atoms with Gasteiger partial charge in [-0.05, 0) is 30.5 Å². The lowest BCUT2D eigenvalue weighted by atomic mass is 10.2. The number of esters is 1. The Morgan fingerprint density at radius 3 is 2.50 bits per heavy atom. The smallest absolute Gasteiger partial charge is 0.417 e. The van der Waals surface area contributed by atoms with E-state index in [-0.39, 0.29) is 29.9 Å². The Hall–Kier alpha value is -3.27. The van der Waals surface area contributed by atoms with Crippen molar-refractivity contribution < 1.29 is 27.5 Å². The van der Waals surface area contributed by atoms with E-state index in [1.54, 1.807) is 4.90 Å². The highest BCUT2D eigenvalue weighted by Gasteiger charge is 2.32. The average molecular weight is 495 g/mol. The van der Waals surface area contributed by atoms with Crippen molar-refractivity contribution in [3.8, 4) is 0 Å². The predicted octanol–water partition coefficient (Wildman–Crippen LogP) is 3.91. The second-order valence-corrected chi connectivity index (χ2v) is 8.39. The van der Waals surface area contributed by atoms with Crippen LogP contribution in [-0.4, -0.2) is 59.1 Å². The van der Waals surface area contributed by atoms with Crippen molar-refractivity contribution in [2.75, 3.05) is 37.7 Å². The fourth-order valence-corrected chi connectivity index (χ4v) is 4.24. The molecule has 34 heavy (non-hydrogen) atoms. The van der Waals surface area contributed by atoms with Gasteiger partial charge in [-0.2, -0.15) is 13.2 Å². The number of benzene rings is 1. The Morgan fingerprint density at radius 2 is 1.82 bits per heavy atom. The van der Waals surface area contributed by atoms with E-state index >= 15 is 0 Å². The van der Waals surface area contributed by atoms with Crippen LogP contribution in [-0.2, 0) is 27.0 Å². The second kappa shape index (κ2) is 9.54. The van der Waals surface area contributed by atoms with Gasteiger partial charge in [0.2, 0.25) is 0 Å². The number of alkyl halides is 3. The van der Waals surface area contributed by atoms with Gasteiger partial charge in [-0.25, -0.2) is 4.98 Å². The number of anilines is 1. The van der Waals surface area contributed by atoms with Gasteiger partial charge in [0, 0.05) is 43.6 Å². The van der Waals surface area contributed by atoms with Crippen LogP contribution in [0, 0.1) is 6.92 Å². The number of para-hydroxylation sites is 1. The van der Waals surface area contributed by atoms with Gasteiger partial charge in [-0.1, -0.05) is 29.8 Å². The van der Waals surface area contributed by atoms with Gasteiger partial charge in [-0.15, -0.1) is 0 Å². The molecule has 0 radical (unpaired) electrons. The lowest BCUT2D eigenvalue weighted by molar-refractivity contribution is -0.152. The number of amides is 1. The van der Waals surface area contributed by atoms with Crippen molar-refractivity contribution >= 4 is 40.2 Å². The number of piperazine rings is 1. The third-order valence-electron chi connectivity index (χ3n) is 5.74. The summed E-state index contributed by atoms with van der Waals surface area (Å²) >= 11 is 6.01. The van der Waals surface area contributed by atoms with Gasteiger partial charge in [-0.3, -0.25) is 9.59 Å². The van der Waals surface area contributed by atoms with Crippen molar-refractivity contribution in [2.24, 2.45) is 0 Å². The maximum absolute atomic E-state index is 12.8. The van der Waals surface area contributed by atoms with Crippen molar-refractivity contribution in [3.05, 3.63) is 58.9 Å². The monoisotopic (exact) mass is 494 g/mol. The number of carbonyl (C=O) groups excluding carboxylic acids is 2. The van der Waals surface area contributed by atoms with E-state index in [1.807, 2.05) is 41.8 Å². The Kier molecular flexibility index (Phi) is 6.70. The van der Waals surface area contributed by atoms with Crippen LogP contribution in [0.4, 0.5) is 19.0 Å². The minimum atomic E-state index is -4.52. The Morgan fingerprint density at radius 1 is 1.12 bits per heavy atom. The van der Waals surface area contributed by atoms with Crippen LogP contribution in [0.3, 0.4) is 0 Å². The second-order valence-electron chi connectivity index (χ2n) is 7.99. The summed E-state index contributed by atoms with van der Waals surface area (Å²) in [6.07, 6.45) is -3.78. The molecule has 3 aromatic rings. The molecule has 3 heterocycles. The summed E-state index contributed by atoms with van der Waals surface area (Å²) in [6, 6.07) is 10.5. The Balaban J connectivity index is 1.28. The number of aryl methyl sites for hydroxylation is 1. The molecule has 0 aliphatic carbocycles. The van der Waals surface area contributed by atoms with Crippen LogP contribution in [0.2, 0.25) is 5.02 Å². The summed E-state index contributed by atoms with van der Waals surface area (Å²) < 4.78 is 45.5. The first-order chi connectivity index (χ1) is 16.1. The number of rotatable bonds is 5. The minimum absolute atomic E-state index is 0.00149. The van der Waals surface area contributed by atoms with E-state index in [0.717, 1.165) is 28.9 Å². The van der Waals surface area contributed by atoms with Gasteiger partial charge in [0.1, 0.15) is 12.4 Å². The van der Waals surface area contributed by atoms with Gasteiger partial charge < -0.3 is 19.1 Å². The summed E-state index contributed by atoms with van der Waals surface area (Å²) in [5, 5.41) is 0.917. The first kappa shape index (κ1) is 23.9. The van der Waals surface area contributed by atoms with E-state index in [9.17, 15) is 22.8 Å². The molecule has 1 fully saturated rings. The van der Waals surface area contributed by atoms with Crippen LogP contribution in [0.1, 0.15) is 11.3 Å². The number of halogens is 4. The summed E-state index contributed by atoms with van der Waals surface area (Å²) in [5.41, 5.74) is 0.908. The maximum atomic E-state index is 12.8. The lowest BCUT2D eigenvalue weighted by Crippen LogP contribution is -2.50. The molecule has 1 aliphatic heterocycles. The van der Waals surface area contributed by atoms with Crippen molar-refractivity contribution in [1.29, 1.82) is 0 Å². The zero-order chi connectivity index (χ0) is 24.5. The molecule has 4 rings (SSSR count). The zero-order valence-electron chi connectivity index (χ0n) is 18.3. The number of fused-ring (bicyclic) bond motifs is 1.